The smallest absolute Gasteiger partial charge is 0.326 e. The minimum Gasteiger partial charge on any atom is -0.461 e. The van der Waals surface area contributed by atoms with E-state index < -0.39 is 26.5 Å². The van der Waals surface area contributed by atoms with Crippen molar-refractivity contribution in [2.24, 2.45) is 11.8 Å². The van der Waals surface area contributed by atoms with E-state index in [1.165, 1.54) is 5.06 Å². The van der Waals surface area contributed by atoms with Gasteiger partial charge in [0.2, 0.25) is 0 Å². The molecule has 15 heteroatoms. The van der Waals surface area contributed by atoms with Gasteiger partial charge < -0.3 is 19.0 Å². The summed E-state index contributed by atoms with van der Waals surface area (Å²) < 4.78 is 46.3. The van der Waals surface area contributed by atoms with Crippen molar-refractivity contribution in [2.75, 3.05) is 13.2 Å². The number of hydroxylamine groups is 4. The minimum atomic E-state index is -1.96. The number of carbonyl (C=O) groups is 2. The number of aliphatic hydroxyl groups excluding tert-OH is 1. The summed E-state index contributed by atoms with van der Waals surface area (Å²) in [5, 5.41) is 12.5. The molecule has 4 aliphatic heterocycles. The third-order valence-electron chi connectivity index (χ3n) is 10.2. The van der Waals surface area contributed by atoms with Gasteiger partial charge in [-0.15, -0.1) is 0 Å². The highest BCUT2D eigenvalue weighted by molar-refractivity contribution is 9.10. The van der Waals surface area contributed by atoms with Crippen molar-refractivity contribution < 1.29 is 47.1 Å². The van der Waals surface area contributed by atoms with Gasteiger partial charge in [-0.1, -0.05) is 52.5 Å². The van der Waals surface area contributed by atoms with Gasteiger partial charge in [0.25, 0.3) is 0 Å². The summed E-state index contributed by atoms with van der Waals surface area (Å²) in [7, 11) is -1.96. The number of hydrogen-bond donors (Lipinski definition) is 1. The molecular weight excluding hydrogens is 802 g/mol. The predicted octanol–water partition coefficient (Wildman–Crippen LogP) is 6.92. The van der Waals surface area contributed by atoms with Crippen LogP contribution in [0.1, 0.15) is 53.2 Å². The Kier molecular flexibility index (Phi) is 13.1. The molecule has 6 rings (SSSR count). The van der Waals surface area contributed by atoms with Crippen molar-refractivity contribution in [2.45, 2.75) is 110 Å². The Bertz CT molecular complexity index is 1550. The third kappa shape index (κ3) is 8.20. The lowest BCUT2D eigenvalue weighted by Gasteiger charge is -2.37. The van der Waals surface area contributed by atoms with Crippen LogP contribution in [-0.2, 0) is 46.3 Å². The molecule has 0 radical (unpaired) electrons. The Morgan fingerprint density at radius 1 is 0.820 bits per heavy atom. The van der Waals surface area contributed by atoms with E-state index in [0.717, 1.165) is 0 Å². The van der Waals surface area contributed by atoms with Crippen LogP contribution in [-0.4, -0.2) is 85.2 Å². The Labute approximate surface area is 311 Å². The number of fused-ring (bicyclic) bond motifs is 2. The Morgan fingerprint density at radius 2 is 1.24 bits per heavy atom. The topological polar surface area (TPSA) is 107 Å². The zero-order valence-corrected chi connectivity index (χ0v) is 32.8. The molecule has 4 heterocycles. The first kappa shape index (κ1) is 40.9. The molecule has 4 fully saturated rings. The van der Waals surface area contributed by atoms with Crippen LogP contribution in [0, 0.1) is 23.5 Å². The summed E-state index contributed by atoms with van der Waals surface area (Å²) in [6.45, 7) is 15.1. The van der Waals surface area contributed by atoms with E-state index >= 15 is 0 Å². The highest BCUT2D eigenvalue weighted by Crippen LogP contribution is 2.42. The number of ether oxygens (including phenoxy) is 2. The van der Waals surface area contributed by atoms with Gasteiger partial charge in [-0.2, -0.15) is 10.1 Å². The van der Waals surface area contributed by atoms with Crippen LogP contribution in [0.5, 0.6) is 0 Å². The van der Waals surface area contributed by atoms with Gasteiger partial charge in [-0.25, -0.2) is 8.78 Å². The van der Waals surface area contributed by atoms with Gasteiger partial charge in [-0.3, -0.25) is 19.3 Å². The standard InChI is InChI=1S/C20H29BrFNO4Si.C14H15BrFNO4.CH4/c1-12-16-15(11-25-28(5,6)20(2,3)4)27-23(18(16)19(24)26-12)10-13-8-7-9-14(21)17(13)22;1-7-11-10(6-18)21-17(13(11)14(19)20-7)5-8-3-2-4-9(15)12(8)16;/h7-9,12,15-16,18H,10-11H2,1-6H3;2-4,7,10-11,13,18H,5-6H2,1H3;1H4/t12-,15-,16+,18-;7-,10-,11+,13-;/m00./s1. The molecule has 2 aromatic carbocycles. The number of rotatable bonds is 8. The molecule has 4 aliphatic rings. The summed E-state index contributed by atoms with van der Waals surface area (Å²) in [5.74, 6) is -1.81. The van der Waals surface area contributed by atoms with Crippen LogP contribution in [0.3, 0.4) is 0 Å². The molecule has 1 N–H and O–H groups in total. The van der Waals surface area contributed by atoms with Crippen LogP contribution in [0.2, 0.25) is 18.1 Å². The number of benzene rings is 2. The van der Waals surface area contributed by atoms with Gasteiger partial charge in [0.05, 0.1) is 47.1 Å². The zero-order chi connectivity index (χ0) is 36.0. The first-order chi connectivity index (χ1) is 22.9. The fourth-order valence-electron chi connectivity index (χ4n) is 6.49. The summed E-state index contributed by atoms with van der Waals surface area (Å²) in [6.07, 6.45) is -1.39. The first-order valence-electron chi connectivity index (χ1n) is 16.3. The minimum absolute atomic E-state index is 0. The van der Waals surface area contributed by atoms with Gasteiger partial charge in [0.15, 0.2) is 8.32 Å². The van der Waals surface area contributed by atoms with Crippen molar-refractivity contribution in [3.05, 3.63) is 68.1 Å². The van der Waals surface area contributed by atoms with E-state index in [0.29, 0.717) is 26.7 Å². The monoisotopic (exact) mass is 848 g/mol. The van der Waals surface area contributed by atoms with Crippen LogP contribution >= 0.6 is 31.9 Å². The molecular formula is C35H48Br2F2N2O8Si. The van der Waals surface area contributed by atoms with E-state index in [1.54, 1.807) is 48.4 Å². The Hall–Kier alpha value is -1.82. The second-order valence-corrected chi connectivity index (χ2v) is 21.0. The molecule has 10 nitrogen and oxygen atoms in total. The van der Waals surface area contributed by atoms with E-state index in [2.05, 4.69) is 65.7 Å². The number of cyclic esters (lactones) is 2. The third-order valence-corrected chi connectivity index (χ3v) is 16.0. The lowest BCUT2D eigenvalue weighted by molar-refractivity contribution is -0.196. The fourth-order valence-corrected chi connectivity index (χ4v) is 8.32. The van der Waals surface area contributed by atoms with Crippen LogP contribution in [0.4, 0.5) is 8.78 Å². The summed E-state index contributed by atoms with van der Waals surface area (Å²) >= 11 is 6.34. The first-order valence-corrected chi connectivity index (χ1v) is 20.8. The van der Waals surface area contributed by atoms with E-state index in [1.807, 2.05) is 6.92 Å². The Balaban J connectivity index is 0.000000229. The molecule has 0 spiro atoms. The molecule has 4 saturated heterocycles. The summed E-state index contributed by atoms with van der Waals surface area (Å²) in [6, 6.07) is 8.93. The maximum absolute atomic E-state index is 14.4. The number of esters is 2. The maximum atomic E-state index is 14.4. The maximum Gasteiger partial charge on any atom is 0.326 e. The molecule has 2 aromatic rings. The molecule has 278 valence electrons. The van der Waals surface area contributed by atoms with Crippen LogP contribution in [0.25, 0.3) is 0 Å². The van der Waals surface area contributed by atoms with Crippen molar-refractivity contribution >= 4 is 52.1 Å². The fraction of sp³-hybridized carbons (Fsp3) is 0.600. The van der Waals surface area contributed by atoms with Crippen molar-refractivity contribution in [1.82, 2.24) is 10.1 Å². The van der Waals surface area contributed by atoms with Crippen molar-refractivity contribution in [3.63, 3.8) is 0 Å². The average molecular weight is 851 g/mol. The quantitative estimate of drug-likeness (QED) is 0.223. The summed E-state index contributed by atoms with van der Waals surface area (Å²) in [5.41, 5.74) is 0.875. The molecule has 0 saturated carbocycles. The molecule has 0 aromatic heterocycles. The average Bonchev–Trinajstić information content (AvgIpc) is 3.74. The second kappa shape index (κ2) is 16.0. The van der Waals surface area contributed by atoms with E-state index in [9.17, 15) is 23.5 Å². The lowest BCUT2D eigenvalue weighted by atomic mass is 9.93. The number of carbonyl (C=O) groups excluding carboxylic acids is 2. The molecule has 0 bridgehead atoms. The zero-order valence-electron chi connectivity index (χ0n) is 28.6. The number of hydrogen-bond acceptors (Lipinski definition) is 10. The van der Waals surface area contributed by atoms with E-state index in [4.69, 9.17) is 23.6 Å². The van der Waals surface area contributed by atoms with Gasteiger partial charge in [-0.05, 0) is 76.0 Å². The van der Waals surface area contributed by atoms with E-state index in [-0.39, 0.29) is 85.9 Å². The van der Waals surface area contributed by atoms with Gasteiger partial charge in [0, 0.05) is 11.1 Å². The highest BCUT2D eigenvalue weighted by Gasteiger charge is 2.57. The molecule has 0 amide bonds. The van der Waals surface area contributed by atoms with Crippen LogP contribution in [0.15, 0.2) is 45.3 Å². The largest absolute Gasteiger partial charge is 0.461 e. The van der Waals surface area contributed by atoms with Crippen LogP contribution < -0.4 is 0 Å². The normalized spacial score (nSPS) is 29.5. The number of aliphatic hydroxyl groups is 1. The highest BCUT2D eigenvalue weighted by atomic mass is 79.9. The van der Waals surface area contributed by atoms with Gasteiger partial charge >= 0.3 is 11.9 Å². The molecule has 0 unspecified atom stereocenters. The molecule has 0 aliphatic carbocycles. The number of halogens is 4. The molecule has 50 heavy (non-hydrogen) atoms. The van der Waals surface area contributed by atoms with Crippen molar-refractivity contribution in [1.29, 1.82) is 0 Å². The predicted molar refractivity (Wildman–Crippen MR) is 192 cm³/mol. The summed E-state index contributed by atoms with van der Waals surface area (Å²) in [4.78, 5) is 36.1. The second-order valence-electron chi connectivity index (χ2n) is 14.4. The Morgan fingerprint density at radius 3 is 1.66 bits per heavy atom. The SMILES string of the molecule is C.C[C@@H]1OC(=O)[C@@H]2[C@H]1[C@H](CO)ON2Cc1cccc(Br)c1F.C[C@@H]1OC(=O)[C@@H]2[C@H]1[C@H](CO[Si](C)(C)C(C)(C)C)ON2Cc1cccc(Br)c1F. The van der Waals surface area contributed by atoms with Gasteiger partial charge in [0.1, 0.15) is 48.1 Å². The number of nitrogens with zero attached hydrogens (tertiary/aromatic N) is 2. The van der Waals surface area contributed by atoms with Crippen molar-refractivity contribution in [3.8, 4) is 0 Å². The molecule has 8 atom stereocenters. The lowest BCUT2D eigenvalue weighted by Crippen LogP contribution is -2.44.